The van der Waals surface area contributed by atoms with Gasteiger partial charge in [0.05, 0.1) is 16.1 Å². The van der Waals surface area contributed by atoms with Crippen LogP contribution in [0.2, 0.25) is 0 Å². The SMILES string of the molecule is O=C(NCCCc1ccc(F)cc1)c1ccccc1NS(=O)(=O)c1ccccc1. The van der Waals surface area contributed by atoms with E-state index >= 15 is 0 Å². The number of benzene rings is 3. The second-order valence-corrected chi connectivity index (χ2v) is 8.13. The number of hydrogen-bond donors (Lipinski definition) is 2. The molecular formula is C22H21FN2O3S. The number of para-hydroxylation sites is 1. The van der Waals surface area contributed by atoms with Crippen LogP contribution in [0.4, 0.5) is 10.1 Å². The zero-order valence-electron chi connectivity index (χ0n) is 15.6. The third-order valence-corrected chi connectivity index (χ3v) is 5.69. The molecule has 0 aliphatic carbocycles. The Morgan fingerprint density at radius 1 is 0.862 bits per heavy atom. The molecular weight excluding hydrogens is 391 g/mol. The van der Waals surface area contributed by atoms with E-state index in [2.05, 4.69) is 10.0 Å². The van der Waals surface area contributed by atoms with Gasteiger partial charge in [0.25, 0.3) is 15.9 Å². The van der Waals surface area contributed by atoms with Crippen molar-refractivity contribution in [1.29, 1.82) is 0 Å². The molecule has 0 unspecified atom stereocenters. The second-order valence-electron chi connectivity index (χ2n) is 6.45. The summed E-state index contributed by atoms with van der Waals surface area (Å²) in [5.41, 5.74) is 1.44. The average Bonchev–Trinajstić information content (AvgIpc) is 2.73. The van der Waals surface area contributed by atoms with E-state index < -0.39 is 10.0 Å². The normalized spacial score (nSPS) is 11.1. The van der Waals surface area contributed by atoms with Gasteiger partial charge in [-0.1, -0.05) is 42.5 Å². The van der Waals surface area contributed by atoms with Gasteiger partial charge in [-0.15, -0.1) is 0 Å². The Morgan fingerprint density at radius 3 is 2.24 bits per heavy atom. The van der Waals surface area contributed by atoms with Crippen LogP contribution in [-0.2, 0) is 16.4 Å². The smallest absolute Gasteiger partial charge is 0.261 e. The Labute approximate surface area is 169 Å². The number of carbonyl (C=O) groups is 1. The van der Waals surface area contributed by atoms with E-state index in [1.54, 1.807) is 54.6 Å². The van der Waals surface area contributed by atoms with Crippen LogP contribution in [0.1, 0.15) is 22.3 Å². The summed E-state index contributed by atoms with van der Waals surface area (Å²) in [4.78, 5) is 12.7. The zero-order valence-corrected chi connectivity index (χ0v) is 16.5. The molecule has 2 N–H and O–H groups in total. The van der Waals surface area contributed by atoms with Crippen molar-refractivity contribution in [1.82, 2.24) is 5.32 Å². The number of amides is 1. The predicted octanol–water partition coefficient (Wildman–Crippen LogP) is 3.99. The van der Waals surface area contributed by atoms with Crippen LogP contribution in [0.3, 0.4) is 0 Å². The maximum Gasteiger partial charge on any atom is 0.261 e. The number of aryl methyl sites for hydroxylation is 1. The van der Waals surface area contributed by atoms with E-state index in [1.807, 2.05) is 0 Å². The molecule has 0 heterocycles. The van der Waals surface area contributed by atoms with Crippen LogP contribution < -0.4 is 10.0 Å². The van der Waals surface area contributed by atoms with Gasteiger partial charge in [-0.3, -0.25) is 9.52 Å². The molecule has 0 aromatic heterocycles. The first-order valence-electron chi connectivity index (χ1n) is 9.15. The molecule has 0 aliphatic rings. The van der Waals surface area contributed by atoms with E-state index in [0.29, 0.717) is 19.4 Å². The highest BCUT2D eigenvalue weighted by Crippen LogP contribution is 2.20. The van der Waals surface area contributed by atoms with E-state index in [1.165, 1.54) is 24.3 Å². The van der Waals surface area contributed by atoms with Gasteiger partial charge in [-0.05, 0) is 54.8 Å². The highest BCUT2D eigenvalue weighted by Gasteiger charge is 2.18. The number of hydrogen-bond acceptors (Lipinski definition) is 3. The summed E-state index contributed by atoms with van der Waals surface area (Å²) in [6.45, 7) is 0.413. The molecule has 0 bridgehead atoms. The van der Waals surface area contributed by atoms with Gasteiger partial charge in [-0.2, -0.15) is 0 Å². The van der Waals surface area contributed by atoms with Gasteiger partial charge in [0.15, 0.2) is 0 Å². The molecule has 150 valence electrons. The molecule has 5 nitrogen and oxygen atoms in total. The van der Waals surface area contributed by atoms with Crippen molar-refractivity contribution in [2.75, 3.05) is 11.3 Å². The van der Waals surface area contributed by atoms with Crippen LogP contribution in [0, 0.1) is 5.82 Å². The fourth-order valence-electron chi connectivity index (χ4n) is 2.81. The summed E-state index contributed by atoms with van der Waals surface area (Å²) >= 11 is 0. The Bertz CT molecular complexity index is 1070. The first-order valence-corrected chi connectivity index (χ1v) is 10.6. The molecule has 0 spiro atoms. The third kappa shape index (κ3) is 5.65. The summed E-state index contributed by atoms with van der Waals surface area (Å²) in [6, 6.07) is 20.7. The van der Waals surface area contributed by atoms with Gasteiger partial charge in [0.2, 0.25) is 0 Å². The van der Waals surface area contributed by atoms with Crippen LogP contribution >= 0.6 is 0 Å². The maximum atomic E-state index is 12.9. The summed E-state index contributed by atoms with van der Waals surface area (Å²) in [6.07, 6.45) is 1.37. The van der Waals surface area contributed by atoms with Crippen molar-refractivity contribution in [3.8, 4) is 0 Å². The van der Waals surface area contributed by atoms with E-state index in [-0.39, 0.29) is 27.9 Å². The first kappa shape index (κ1) is 20.5. The largest absolute Gasteiger partial charge is 0.352 e. The Balaban J connectivity index is 1.62. The lowest BCUT2D eigenvalue weighted by Crippen LogP contribution is -2.26. The molecule has 0 saturated carbocycles. The van der Waals surface area contributed by atoms with Crippen LogP contribution in [-0.4, -0.2) is 20.9 Å². The van der Waals surface area contributed by atoms with Crippen molar-refractivity contribution in [3.63, 3.8) is 0 Å². The average molecular weight is 412 g/mol. The molecule has 29 heavy (non-hydrogen) atoms. The summed E-state index contributed by atoms with van der Waals surface area (Å²) in [7, 11) is -3.79. The predicted molar refractivity (Wildman–Crippen MR) is 111 cm³/mol. The fraction of sp³-hybridized carbons (Fsp3) is 0.136. The minimum Gasteiger partial charge on any atom is -0.352 e. The highest BCUT2D eigenvalue weighted by molar-refractivity contribution is 7.92. The second kappa shape index (κ2) is 9.34. The molecule has 0 aliphatic heterocycles. The van der Waals surface area contributed by atoms with Gasteiger partial charge >= 0.3 is 0 Å². The van der Waals surface area contributed by atoms with E-state index in [9.17, 15) is 17.6 Å². The number of carbonyl (C=O) groups excluding carboxylic acids is 1. The summed E-state index contributed by atoms with van der Waals surface area (Å²) < 4.78 is 40.5. The monoisotopic (exact) mass is 412 g/mol. The van der Waals surface area contributed by atoms with Crippen molar-refractivity contribution in [2.45, 2.75) is 17.7 Å². The fourth-order valence-corrected chi connectivity index (χ4v) is 3.91. The highest BCUT2D eigenvalue weighted by atomic mass is 32.2. The topological polar surface area (TPSA) is 75.3 Å². The summed E-state index contributed by atoms with van der Waals surface area (Å²) in [5, 5.41) is 2.80. The van der Waals surface area contributed by atoms with Gasteiger partial charge in [0, 0.05) is 6.54 Å². The molecule has 0 saturated heterocycles. The lowest BCUT2D eigenvalue weighted by Gasteiger charge is -2.13. The minimum absolute atomic E-state index is 0.120. The standard InChI is InChI=1S/C22H21FN2O3S/c23-18-14-12-17(13-15-18)7-6-16-24-22(26)20-10-4-5-11-21(20)25-29(27,28)19-8-2-1-3-9-19/h1-5,8-15,25H,6-7,16H2,(H,24,26). The molecule has 3 rings (SSSR count). The number of halogens is 1. The quantitative estimate of drug-likeness (QED) is 0.550. The molecule has 7 heteroatoms. The maximum absolute atomic E-state index is 12.9. The Morgan fingerprint density at radius 2 is 1.52 bits per heavy atom. The molecule has 0 radical (unpaired) electrons. The Hall–Kier alpha value is -3.19. The number of anilines is 1. The third-order valence-electron chi connectivity index (χ3n) is 4.31. The van der Waals surface area contributed by atoms with Crippen molar-refractivity contribution in [2.24, 2.45) is 0 Å². The van der Waals surface area contributed by atoms with Crippen molar-refractivity contribution in [3.05, 3.63) is 95.8 Å². The number of sulfonamides is 1. The Kier molecular flexibility index (Phi) is 6.61. The van der Waals surface area contributed by atoms with Crippen molar-refractivity contribution >= 4 is 21.6 Å². The van der Waals surface area contributed by atoms with E-state index in [4.69, 9.17) is 0 Å². The molecule has 3 aromatic rings. The van der Waals surface area contributed by atoms with Gasteiger partial charge in [0.1, 0.15) is 5.82 Å². The van der Waals surface area contributed by atoms with Gasteiger partial charge in [-0.25, -0.2) is 12.8 Å². The summed E-state index contributed by atoms with van der Waals surface area (Å²) in [5.74, 6) is -0.646. The zero-order chi connectivity index (χ0) is 20.7. The van der Waals surface area contributed by atoms with Crippen LogP contribution in [0.15, 0.2) is 83.8 Å². The molecule has 1 amide bonds. The lowest BCUT2D eigenvalue weighted by molar-refractivity contribution is 0.0954. The lowest BCUT2D eigenvalue weighted by atomic mass is 10.1. The minimum atomic E-state index is -3.79. The first-order chi connectivity index (χ1) is 14.0. The number of rotatable bonds is 8. The molecule has 0 atom stereocenters. The van der Waals surface area contributed by atoms with E-state index in [0.717, 1.165) is 5.56 Å². The van der Waals surface area contributed by atoms with Gasteiger partial charge < -0.3 is 5.32 Å². The molecule has 0 fully saturated rings. The van der Waals surface area contributed by atoms with Crippen LogP contribution in [0.25, 0.3) is 0 Å². The molecule has 3 aromatic carbocycles. The number of nitrogens with one attached hydrogen (secondary N) is 2. The van der Waals surface area contributed by atoms with Crippen molar-refractivity contribution < 1.29 is 17.6 Å². The van der Waals surface area contributed by atoms with Crippen LogP contribution in [0.5, 0.6) is 0 Å².